The molecule has 1 unspecified atom stereocenters. The average molecular weight is 360 g/mol. The van der Waals surface area contributed by atoms with Crippen molar-refractivity contribution in [2.75, 3.05) is 39.8 Å². The Morgan fingerprint density at radius 3 is 2.52 bits per heavy atom. The standard InChI is InChI=1S/C19H24N2O3S/c1-24-16-6-4-15(5-7-16)13-19(23)21-10-8-20(9-11-21)14-17(22)18-3-2-12-25-18/h2-7,12,17,22H,8-11,13-14H2,1H3. The number of hydrogen-bond donors (Lipinski definition) is 1. The number of thiophene rings is 1. The quantitative estimate of drug-likeness (QED) is 0.858. The topological polar surface area (TPSA) is 53.0 Å². The molecule has 0 bridgehead atoms. The number of aliphatic hydroxyl groups is 1. The van der Waals surface area contributed by atoms with Crippen LogP contribution < -0.4 is 4.74 Å². The lowest BCUT2D eigenvalue weighted by atomic mass is 10.1. The van der Waals surface area contributed by atoms with Crippen LogP contribution in [0, 0.1) is 0 Å². The minimum absolute atomic E-state index is 0.156. The van der Waals surface area contributed by atoms with Crippen molar-refractivity contribution < 1.29 is 14.6 Å². The molecule has 1 amide bonds. The first kappa shape index (κ1) is 17.9. The summed E-state index contributed by atoms with van der Waals surface area (Å²) in [5.74, 6) is 0.956. The zero-order valence-electron chi connectivity index (χ0n) is 14.4. The molecule has 1 aliphatic rings. The van der Waals surface area contributed by atoms with Gasteiger partial charge in [-0.1, -0.05) is 18.2 Å². The fraction of sp³-hybridized carbons (Fsp3) is 0.421. The van der Waals surface area contributed by atoms with Gasteiger partial charge in [0.15, 0.2) is 0 Å². The number of benzene rings is 1. The van der Waals surface area contributed by atoms with Crippen LogP contribution in [0.3, 0.4) is 0 Å². The van der Waals surface area contributed by atoms with Crippen LogP contribution in [0.4, 0.5) is 0 Å². The number of rotatable bonds is 6. The van der Waals surface area contributed by atoms with Gasteiger partial charge in [-0.05, 0) is 29.1 Å². The largest absolute Gasteiger partial charge is 0.497 e. The summed E-state index contributed by atoms with van der Waals surface area (Å²) in [4.78, 5) is 17.6. The maximum atomic E-state index is 12.5. The van der Waals surface area contributed by atoms with Crippen LogP contribution in [0.25, 0.3) is 0 Å². The van der Waals surface area contributed by atoms with Gasteiger partial charge in [0.2, 0.25) is 5.91 Å². The molecule has 2 heterocycles. The van der Waals surface area contributed by atoms with Gasteiger partial charge < -0.3 is 14.7 Å². The lowest BCUT2D eigenvalue weighted by Crippen LogP contribution is -2.49. The van der Waals surface area contributed by atoms with Crippen molar-refractivity contribution >= 4 is 17.2 Å². The van der Waals surface area contributed by atoms with E-state index in [9.17, 15) is 9.90 Å². The van der Waals surface area contributed by atoms with E-state index in [1.165, 1.54) is 0 Å². The first-order valence-corrected chi connectivity index (χ1v) is 9.38. The molecule has 1 saturated heterocycles. The summed E-state index contributed by atoms with van der Waals surface area (Å²) in [5, 5.41) is 12.2. The summed E-state index contributed by atoms with van der Waals surface area (Å²) < 4.78 is 5.14. The van der Waals surface area contributed by atoms with Gasteiger partial charge in [0.05, 0.1) is 13.5 Å². The van der Waals surface area contributed by atoms with Gasteiger partial charge in [-0.3, -0.25) is 9.69 Å². The van der Waals surface area contributed by atoms with Crippen LogP contribution in [0.5, 0.6) is 5.75 Å². The van der Waals surface area contributed by atoms with E-state index in [-0.39, 0.29) is 5.91 Å². The van der Waals surface area contributed by atoms with Gasteiger partial charge in [-0.2, -0.15) is 0 Å². The van der Waals surface area contributed by atoms with Crippen LogP contribution in [0.2, 0.25) is 0 Å². The molecule has 0 spiro atoms. The van der Waals surface area contributed by atoms with Crippen LogP contribution >= 0.6 is 11.3 Å². The van der Waals surface area contributed by atoms with E-state index in [0.29, 0.717) is 26.1 Å². The normalized spacial score (nSPS) is 16.6. The third kappa shape index (κ3) is 4.81. The van der Waals surface area contributed by atoms with Crippen molar-refractivity contribution in [1.29, 1.82) is 0 Å². The minimum atomic E-state index is -0.443. The summed E-state index contributed by atoms with van der Waals surface area (Å²) in [6.07, 6.45) is -0.0245. The molecule has 5 nitrogen and oxygen atoms in total. The Balaban J connectivity index is 1.45. The van der Waals surface area contributed by atoms with Crippen molar-refractivity contribution in [3.63, 3.8) is 0 Å². The highest BCUT2D eigenvalue weighted by Crippen LogP contribution is 2.20. The zero-order chi connectivity index (χ0) is 17.6. The summed E-state index contributed by atoms with van der Waals surface area (Å²) >= 11 is 1.58. The van der Waals surface area contributed by atoms with E-state index >= 15 is 0 Å². The Kier molecular flexibility index (Phi) is 6.07. The molecule has 0 radical (unpaired) electrons. The Morgan fingerprint density at radius 1 is 1.20 bits per heavy atom. The summed E-state index contributed by atoms with van der Waals surface area (Å²) in [6, 6.07) is 11.6. The average Bonchev–Trinajstić information content (AvgIpc) is 3.18. The molecule has 134 valence electrons. The molecule has 1 fully saturated rings. The van der Waals surface area contributed by atoms with E-state index in [4.69, 9.17) is 4.74 Å². The fourth-order valence-electron chi connectivity index (χ4n) is 3.03. The lowest BCUT2D eigenvalue weighted by Gasteiger charge is -2.35. The van der Waals surface area contributed by atoms with E-state index in [1.807, 2.05) is 46.7 Å². The molecule has 0 saturated carbocycles. The number of β-amino-alcohol motifs (C(OH)–C–C–N with tert-alkyl or cyclic N) is 1. The van der Waals surface area contributed by atoms with Crippen molar-refractivity contribution in [3.05, 3.63) is 52.2 Å². The maximum Gasteiger partial charge on any atom is 0.227 e. The van der Waals surface area contributed by atoms with Crippen LogP contribution in [0.15, 0.2) is 41.8 Å². The Labute approximate surface area is 152 Å². The highest BCUT2D eigenvalue weighted by molar-refractivity contribution is 7.10. The van der Waals surface area contributed by atoms with Gasteiger partial charge in [0.1, 0.15) is 11.9 Å². The predicted octanol–water partition coefficient (Wildman–Crippen LogP) is 2.18. The van der Waals surface area contributed by atoms with Gasteiger partial charge in [0, 0.05) is 37.6 Å². The molecule has 6 heteroatoms. The van der Waals surface area contributed by atoms with Gasteiger partial charge in [-0.15, -0.1) is 11.3 Å². The number of carbonyl (C=O) groups is 1. The number of hydrogen-bond acceptors (Lipinski definition) is 5. The summed E-state index contributed by atoms with van der Waals surface area (Å²) in [6.45, 7) is 3.66. The van der Waals surface area contributed by atoms with Gasteiger partial charge in [-0.25, -0.2) is 0 Å². The zero-order valence-corrected chi connectivity index (χ0v) is 15.2. The Hall–Kier alpha value is -1.89. The maximum absolute atomic E-state index is 12.5. The van der Waals surface area contributed by atoms with Gasteiger partial charge >= 0.3 is 0 Å². The fourth-order valence-corrected chi connectivity index (χ4v) is 3.73. The van der Waals surface area contributed by atoms with Gasteiger partial charge in [0.25, 0.3) is 0 Å². The first-order chi connectivity index (χ1) is 12.2. The molecule has 3 rings (SSSR count). The molecule has 1 aromatic heterocycles. The smallest absolute Gasteiger partial charge is 0.227 e. The molecule has 1 aliphatic heterocycles. The highest BCUT2D eigenvalue weighted by atomic mass is 32.1. The minimum Gasteiger partial charge on any atom is -0.497 e. The molecule has 1 aromatic carbocycles. The number of nitrogens with zero attached hydrogens (tertiary/aromatic N) is 2. The van der Waals surface area contributed by atoms with E-state index < -0.39 is 6.10 Å². The number of piperazine rings is 1. The number of ether oxygens (including phenoxy) is 1. The lowest BCUT2D eigenvalue weighted by molar-refractivity contribution is -0.132. The van der Waals surface area contributed by atoms with Crippen LogP contribution in [0.1, 0.15) is 16.5 Å². The molecule has 0 aliphatic carbocycles. The van der Waals surface area contributed by atoms with E-state index in [0.717, 1.165) is 29.3 Å². The number of carbonyl (C=O) groups excluding carboxylic acids is 1. The molecular formula is C19H24N2O3S. The summed E-state index contributed by atoms with van der Waals surface area (Å²) in [7, 11) is 1.63. The summed E-state index contributed by atoms with van der Waals surface area (Å²) in [5.41, 5.74) is 1.00. The molecular weight excluding hydrogens is 336 g/mol. The van der Waals surface area contributed by atoms with Crippen molar-refractivity contribution in [2.45, 2.75) is 12.5 Å². The third-order valence-corrected chi connectivity index (χ3v) is 5.52. The van der Waals surface area contributed by atoms with Crippen molar-refractivity contribution in [1.82, 2.24) is 9.80 Å². The molecule has 2 aromatic rings. The second-order valence-corrected chi connectivity index (χ2v) is 7.22. The van der Waals surface area contributed by atoms with E-state index in [1.54, 1.807) is 18.4 Å². The van der Waals surface area contributed by atoms with Crippen LogP contribution in [-0.2, 0) is 11.2 Å². The van der Waals surface area contributed by atoms with Crippen molar-refractivity contribution in [3.8, 4) is 5.75 Å². The molecule has 1 N–H and O–H groups in total. The highest BCUT2D eigenvalue weighted by Gasteiger charge is 2.23. The van der Waals surface area contributed by atoms with Crippen LogP contribution in [-0.4, -0.2) is 60.6 Å². The second kappa shape index (κ2) is 8.47. The number of methoxy groups -OCH3 is 1. The first-order valence-electron chi connectivity index (χ1n) is 8.50. The second-order valence-electron chi connectivity index (χ2n) is 6.24. The number of aliphatic hydroxyl groups excluding tert-OH is 1. The monoisotopic (exact) mass is 360 g/mol. The number of amides is 1. The predicted molar refractivity (Wildman–Crippen MR) is 99.0 cm³/mol. The SMILES string of the molecule is COc1ccc(CC(=O)N2CCN(CC(O)c3cccs3)CC2)cc1. The third-order valence-electron chi connectivity index (χ3n) is 4.54. The van der Waals surface area contributed by atoms with Crippen molar-refractivity contribution in [2.24, 2.45) is 0 Å². The van der Waals surface area contributed by atoms with E-state index in [2.05, 4.69) is 4.90 Å². The molecule has 25 heavy (non-hydrogen) atoms. The Morgan fingerprint density at radius 2 is 1.92 bits per heavy atom. The molecule has 1 atom stereocenters. The Bertz CT molecular complexity index is 664.